The number of nitrogens with one attached hydrogen (secondary N) is 2. The van der Waals surface area contributed by atoms with E-state index in [4.69, 9.17) is 0 Å². The summed E-state index contributed by atoms with van der Waals surface area (Å²) in [5, 5.41) is 5.90. The maximum absolute atomic E-state index is 14.9. The monoisotopic (exact) mass is 482 g/mol. The number of benzene rings is 2. The molecule has 0 heterocycles. The molecule has 0 spiro atoms. The van der Waals surface area contributed by atoms with Crippen LogP contribution in [0.15, 0.2) is 39.7 Å². The molecule has 1 amide bonds. The van der Waals surface area contributed by atoms with Gasteiger partial charge >= 0.3 is 0 Å². The molecule has 156 valence electrons. The molecule has 0 aliphatic heterocycles. The summed E-state index contributed by atoms with van der Waals surface area (Å²) in [4.78, 5) is 13.6. The summed E-state index contributed by atoms with van der Waals surface area (Å²) in [6, 6.07) is 8.16. The molecule has 1 aliphatic carbocycles. The van der Waals surface area contributed by atoms with Crippen molar-refractivity contribution in [3.05, 3.63) is 51.7 Å². The van der Waals surface area contributed by atoms with Crippen molar-refractivity contribution in [3.63, 3.8) is 0 Å². The third-order valence-corrected chi connectivity index (χ3v) is 6.35. The van der Waals surface area contributed by atoms with Gasteiger partial charge in [-0.15, -0.1) is 11.8 Å². The predicted octanol–water partition coefficient (Wildman–Crippen LogP) is 6.98. The number of thioether (sulfide) groups is 1. The molecule has 1 saturated carbocycles. The topological polar surface area (TPSA) is 41.1 Å². The van der Waals surface area contributed by atoms with E-state index in [-0.39, 0.29) is 5.56 Å². The highest BCUT2D eigenvalue weighted by atomic mass is 79.9. The van der Waals surface area contributed by atoms with Gasteiger partial charge in [0.05, 0.1) is 16.9 Å². The van der Waals surface area contributed by atoms with Crippen molar-refractivity contribution in [2.45, 2.75) is 44.2 Å². The fourth-order valence-electron chi connectivity index (χ4n) is 2.92. The number of amides is 1. The highest BCUT2D eigenvalue weighted by molar-refractivity contribution is 9.10. The van der Waals surface area contributed by atoms with Crippen LogP contribution in [0.3, 0.4) is 0 Å². The van der Waals surface area contributed by atoms with E-state index < -0.39 is 17.4 Å². The van der Waals surface area contributed by atoms with Crippen molar-refractivity contribution in [1.29, 1.82) is 0 Å². The fourth-order valence-corrected chi connectivity index (χ4v) is 4.43. The number of rotatable bonds is 8. The van der Waals surface area contributed by atoms with Crippen molar-refractivity contribution in [2.24, 2.45) is 5.92 Å². The second-order valence-corrected chi connectivity index (χ2v) is 9.84. The number of carbonyl (C=O) groups is 1. The number of hydrogen-bond donors (Lipinski definition) is 2. The van der Waals surface area contributed by atoms with Crippen molar-refractivity contribution in [1.82, 2.24) is 0 Å². The Morgan fingerprint density at radius 2 is 2.03 bits per heavy atom. The number of carbonyl (C=O) groups excluding carboxylic acids is 1. The lowest BCUT2D eigenvalue weighted by Gasteiger charge is -2.20. The third kappa shape index (κ3) is 5.51. The van der Waals surface area contributed by atoms with Crippen LogP contribution in [-0.2, 0) is 5.67 Å². The molecule has 0 aromatic heterocycles. The molecule has 2 aromatic carbocycles. The lowest BCUT2D eigenvalue weighted by molar-refractivity contribution is 0.102. The zero-order valence-corrected chi connectivity index (χ0v) is 19.1. The molecule has 7 heteroatoms. The van der Waals surface area contributed by atoms with Crippen molar-refractivity contribution in [2.75, 3.05) is 22.9 Å². The molecule has 0 saturated heterocycles. The van der Waals surface area contributed by atoms with Crippen LogP contribution in [0, 0.1) is 11.7 Å². The van der Waals surface area contributed by atoms with E-state index in [1.807, 2.05) is 6.92 Å². The van der Waals surface area contributed by atoms with Gasteiger partial charge in [0, 0.05) is 15.9 Å². The van der Waals surface area contributed by atoms with Crippen LogP contribution < -0.4 is 10.6 Å². The van der Waals surface area contributed by atoms with E-state index >= 15 is 0 Å². The Hall–Kier alpha value is -1.60. The predicted molar refractivity (Wildman–Crippen MR) is 120 cm³/mol. The lowest BCUT2D eigenvalue weighted by Crippen LogP contribution is -2.17. The van der Waals surface area contributed by atoms with Gasteiger partial charge in [-0.1, -0.05) is 13.0 Å². The molecule has 1 aliphatic rings. The summed E-state index contributed by atoms with van der Waals surface area (Å²) in [5.74, 6) is 0.242. The minimum Gasteiger partial charge on any atom is -0.382 e. The summed E-state index contributed by atoms with van der Waals surface area (Å²) >= 11 is 4.93. The molecule has 0 atom stereocenters. The van der Waals surface area contributed by atoms with E-state index in [0.29, 0.717) is 33.9 Å². The Labute approximate surface area is 183 Å². The number of alkyl halides is 1. The second-order valence-electron chi connectivity index (χ2n) is 7.68. The van der Waals surface area contributed by atoms with E-state index in [0.717, 1.165) is 23.5 Å². The standard InChI is InChI=1S/C22H25BrF2N2OS/c1-4-29-18-11-14(22(2,3)25)10-16(23)20(18)27-21(28)15-6-5-7-17(19(15)24)26-12-13-8-9-13/h5-7,10-11,13,26H,4,8-9,12H2,1-3H3,(H,27,28). The molecule has 3 rings (SSSR count). The molecular weight excluding hydrogens is 458 g/mol. The summed E-state index contributed by atoms with van der Waals surface area (Å²) < 4.78 is 29.9. The molecule has 2 aromatic rings. The van der Waals surface area contributed by atoms with Gasteiger partial charge in [-0.25, -0.2) is 8.78 Å². The molecule has 0 bridgehead atoms. The van der Waals surface area contributed by atoms with E-state index in [1.54, 1.807) is 24.3 Å². The van der Waals surface area contributed by atoms with E-state index in [9.17, 15) is 13.6 Å². The minimum absolute atomic E-state index is 0.0277. The maximum atomic E-state index is 14.9. The van der Waals surface area contributed by atoms with Crippen LogP contribution >= 0.6 is 27.7 Å². The van der Waals surface area contributed by atoms with Gasteiger partial charge in [0.2, 0.25) is 0 Å². The largest absolute Gasteiger partial charge is 0.382 e. The zero-order chi connectivity index (χ0) is 21.2. The molecular formula is C22H25BrF2N2OS. The van der Waals surface area contributed by atoms with Gasteiger partial charge in [-0.3, -0.25) is 4.79 Å². The van der Waals surface area contributed by atoms with Crippen LogP contribution in [0.5, 0.6) is 0 Å². The van der Waals surface area contributed by atoms with Gasteiger partial charge in [-0.05, 0) is 84.1 Å². The van der Waals surface area contributed by atoms with E-state index in [1.165, 1.54) is 31.7 Å². The van der Waals surface area contributed by atoms with Crippen molar-refractivity contribution < 1.29 is 13.6 Å². The van der Waals surface area contributed by atoms with Crippen molar-refractivity contribution in [3.8, 4) is 0 Å². The average molecular weight is 483 g/mol. The summed E-state index contributed by atoms with van der Waals surface area (Å²) in [5.41, 5.74) is -0.176. The minimum atomic E-state index is -1.51. The quantitative estimate of drug-likeness (QED) is 0.398. The first kappa shape index (κ1) is 22.1. The Bertz CT molecular complexity index is 910. The number of anilines is 2. The van der Waals surface area contributed by atoms with Gasteiger partial charge < -0.3 is 10.6 Å². The van der Waals surface area contributed by atoms with Gasteiger partial charge in [0.15, 0.2) is 5.82 Å². The third-order valence-electron chi connectivity index (χ3n) is 4.80. The Balaban J connectivity index is 1.87. The van der Waals surface area contributed by atoms with E-state index in [2.05, 4.69) is 26.6 Å². The van der Waals surface area contributed by atoms with Gasteiger partial charge in [0.25, 0.3) is 5.91 Å². The Kier molecular flexibility index (Phi) is 6.89. The van der Waals surface area contributed by atoms with Crippen LogP contribution in [-0.4, -0.2) is 18.2 Å². The first-order valence-corrected chi connectivity index (χ1v) is 11.5. The Morgan fingerprint density at radius 3 is 2.66 bits per heavy atom. The van der Waals surface area contributed by atoms with Crippen LogP contribution in [0.2, 0.25) is 0 Å². The number of hydrogen-bond acceptors (Lipinski definition) is 3. The van der Waals surface area contributed by atoms with Crippen LogP contribution in [0.25, 0.3) is 0 Å². The molecule has 2 N–H and O–H groups in total. The first-order valence-electron chi connectivity index (χ1n) is 9.70. The molecule has 1 fully saturated rings. The highest BCUT2D eigenvalue weighted by Gasteiger charge is 2.25. The summed E-state index contributed by atoms with van der Waals surface area (Å²) in [7, 11) is 0. The highest BCUT2D eigenvalue weighted by Crippen LogP contribution is 2.39. The summed E-state index contributed by atoms with van der Waals surface area (Å²) in [6.45, 7) is 5.67. The average Bonchev–Trinajstić information content (AvgIpc) is 3.47. The first-order chi connectivity index (χ1) is 13.7. The van der Waals surface area contributed by atoms with Gasteiger partial charge in [0.1, 0.15) is 5.67 Å². The fraction of sp³-hybridized carbons (Fsp3) is 0.409. The zero-order valence-electron chi connectivity index (χ0n) is 16.7. The normalized spacial score (nSPS) is 14.0. The molecule has 0 unspecified atom stereocenters. The van der Waals surface area contributed by atoms with Crippen LogP contribution in [0.1, 0.15) is 49.5 Å². The molecule has 3 nitrogen and oxygen atoms in total. The summed E-state index contributed by atoms with van der Waals surface area (Å²) in [6.07, 6.45) is 2.32. The molecule has 0 radical (unpaired) electrons. The SMILES string of the molecule is CCSc1cc(C(C)(C)F)cc(Br)c1NC(=O)c1cccc(NCC2CC2)c1F. The van der Waals surface area contributed by atoms with Gasteiger partial charge in [-0.2, -0.15) is 0 Å². The number of halogens is 3. The van der Waals surface area contributed by atoms with Crippen molar-refractivity contribution >= 4 is 45.0 Å². The second kappa shape index (κ2) is 9.04. The van der Waals surface area contributed by atoms with Crippen LogP contribution in [0.4, 0.5) is 20.2 Å². The smallest absolute Gasteiger partial charge is 0.258 e. The molecule has 29 heavy (non-hydrogen) atoms. The maximum Gasteiger partial charge on any atom is 0.258 e. The Morgan fingerprint density at radius 1 is 1.31 bits per heavy atom. The lowest BCUT2D eigenvalue weighted by atomic mass is 10.00.